The maximum atomic E-state index is 8.85. The van der Waals surface area contributed by atoms with Gasteiger partial charge in [-0.2, -0.15) is 0 Å². The molecule has 1 atom stereocenters. The highest BCUT2D eigenvalue weighted by Crippen LogP contribution is 2.24. The molecule has 90 valence electrons. The molecule has 1 rings (SSSR count). The Kier molecular flexibility index (Phi) is 5.55. The van der Waals surface area contributed by atoms with Crippen molar-refractivity contribution in [1.82, 2.24) is 9.97 Å². The van der Waals surface area contributed by atoms with Crippen LogP contribution in [0.3, 0.4) is 0 Å². The van der Waals surface area contributed by atoms with Crippen LogP contribution in [0.25, 0.3) is 0 Å². The van der Waals surface area contributed by atoms with Crippen LogP contribution in [0.4, 0.5) is 5.95 Å². The first kappa shape index (κ1) is 13.3. The molecule has 0 amide bonds. The number of hydrogen-bond donors (Lipinski definition) is 2. The van der Waals surface area contributed by atoms with Gasteiger partial charge < -0.3 is 10.4 Å². The second kappa shape index (κ2) is 6.70. The Labute approximate surface area is 101 Å². The fourth-order valence-electron chi connectivity index (χ4n) is 1.28. The molecule has 1 aromatic heterocycles. The van der Waals surface area contributed by atoms with Gasteiger partial charge >= 0.3 is 0 Å². The summed E-state index contributed by atoms with van der Waals surface area (Å²) in [4.78, 5) is 8.70. The lowest BCUT2D eigenvalue weighted by Gasteiger charge is -2.10. The summed E-state index contributed by atoms with van der Waals surface area (Å²) >= 11 is 1.67. The first-order valence-electron chi connectivity index (χ1n) is 5.52. The molecule has 1 unspecified atom stereocenters. The van der Waals surface area contributed by atoms with Crippen LogP contribution in [0.5, 0.6) is 0 Å². The van der Waals surface area contributed by atoms with Crippen LogP contribution in [0.15, 0.2) is 11.1 Å². The number of hydrogen-bond acceptors (Lipinski definition) is 5. The highest BCUT2D eigenvalue weighted by Gasteiger charge is 2.07. The zero-order valence-electron chi connectivity index (χ0n) is 10.0. The highest BCUT2D eigenvalue weighted by atomic mass is 32.2. The van der Waals surface area contributed by atoms with Gasteiger partial charge in [0, 0.05) is 24.1 Å². The van der Waals surface area contributed by atoms with Crippen LogP contribution in [0.1, 0.15) is 26.0 Å². The van der Waals surface area contributed by atoms with Crippen molar-refractivity contribution in [2.45, 2.75) is 37.5 Å². The van der Waals surface area contributed by atoms with E-state index in [1.165, 1.54) is 0 Å². The van der Waals surface area contributed by atoms with Crippen molar-refractivity contribution in [2.75, 3.05) is 18.5 Å². The molecule has 0 saturated carbocycles. The summed E-state index contributed by atoms with van der Waals surface area (Å²) in [5.74, 6) is 0.682. The number of aliphatic hydroxyl groups excluding tert-OH is 1. The fraction of sp³-hybridized carbons (Fsp3) is 0.636. The van der Waals surface area contributed by atoms with E-state index in [1.807, 2.05) is 19.9 Å². The quantitative estimate of drug-likeness (QED) is 0.590. The van der Waals surface area contributed by atoms with Crippen LogP contribution in [-0.4, -0.2) is 33.5 Å². The first-order valence-corrected chi connectivity index (χ1v) is 6.40. The van der Waals surface area contributed by atoms with Crippen LogP contribution in [-0.2, 0) is 0 Å². The van der Waals surface area contributed by atoms with Gasteiger partial charge in [0.2, 0.25) is 5.95 Å². The molecule has 0 aliphatic heterocycles. The molecule has 0 saturated heterocycles. The summed E-state index contributed by atoms with van der Waals surface area (Å²) in [6.45, 7) is 7.11. The predicted molar refractivity (Wildman–Crippen MR) is 68.0 cm³/mol. The summed E-state index contributed by atoms with van der Waals surface area (Å²) in [5.41, 5.74) is 0.963. The van der Waals surface area contributed by atoms with Crippen molar-refractivity contribution in [3.8, 4) is 0 Å². The minimum absolute atomic E-state index is 0.221. The largest absolute Gasteiger partial charge is 0.396 e. The monoisotopic (exact) mass is 241 g/mol. The van der Waals surface area contributed by atoms with Crippen molar-refractivity contribution in [1.29, 1.82) is 0 Å². The maximum Gasteiger partial charge on any atom is 0.223 e. The second-order valence-electron chi connectivity index (χ2n) is 3.64. The molecule has 0 aromatic carbocycles. The second-order valence-corrected chi connectivity index (χ2v) is 5.10. The van der Waals surface area contributed by atoms with Gasteiger partial charge in [0.25, 0.3) is 0 Å². The van der Waals surface area contributed by atoms with E-state index in [0.29, 0.717) is 11.2 Å². The summed E-state index contributed by atoms with van der Waals surface area (Å²) in [6, 6.07) is 1.97. The van der Waals surface area contributed by atoms with Gasteiger partial charge in [-0.1, -0.05) is 6.92 Å². The molecule has 5 heteroatoms. The number of aliphatic hydroxyl groups is 1. The minimum atomic E-state index is 0.221. The summed E-state index contributed by atoms with van der Waals surface area (Å²) in [6.07, 6.45) is 0.782. The fourth-order valence-corrected chi connectivity index (χ4v) is 2.30. The number of nitrogens with zero attached hydrogens (tertiary/aromatic N) is 2. The lowest BCUT2D eigenvalue weighted by atomic mass is 10.3. The average Bonchev–Trinajstić information content (AvgIpc) is 2.17. The summed E-state index contributed by atoms with van der Waals surface area (Å²) in [7, 11) is 0. The molecule has 2 N–H and O–H groups in total. The van der Waals surface area contributed by atoms with Crippen LogP contribution in [0.2, 0.25) is 0 Å². The molecular weight excluding hydrogens is 222 g/mol. The van der Waals surface area contributed by atoms with Crippen LogP contribution < -0.4 is 5.32 Å². The van der Waals surface area contributed by atoms with Gasteiger partial charge in [0.05, 0.1) is 0 Å². The van der Waals surface area contributed by atoms with E-state index < -0.39 is 0 Å². The van der Waals surface area contributed by atoms with Crippen molar-refractivity contribution in [3.05, 3.63) is 11.8 Å². The molecule has 0 bridgehead atoms. The number of nitrogens with one attached hydrogen (secondary N) is 1. The van der Waals surface area contributed by atoms with Crippen molar-refractivity contribution in [2.24, 2.45) is 0 Å². The number of aryl methyl sites for hydroxylation is 1. The predicted octanol–water partition coefficient (Wildman–Crippen LogP) is 2.08. The summed E-state index contributed by atoms with van der Waals surface area (Å²) < 4.78 is 0. The van der Waals surface area contributed by atoms with E-state index in [0.717, 1.165) is 23.7 Å². The number of anilines is 1. The third kappa shape index (κ3) is 4.37. The minimum Gasteiger partial charge on any atom is -0.396 e. The summed E-state index contributed by atoms with van der Waals surface area (Å²) in [5, 5.41) is 13.3. The molecule has 0 aliphatic carbocycles. The van der Waals surface area contributed by atoms with Crippen LogP contribution >= 0.6 is 11.8 Å². The third-order valence-electron chi connectivity index (χ3n) is 2.02. The Morgan fingerprint density at radius 2 is 2.25 bits per heavy atom. The first-order chi connectivity index (χ1) is 7.65. The van der Waals surface area contributed by atoms with E-state index in [1.54, 1.807) is 11.8 Å². The number of aromatic nitrogens is 2. The topological polar surface area (TPSA) is 58.0 Å². The molecule has 1 heterocycles. The molecule has 16 heavy (non-hydrogen) atoms. The number of rotatable bonds is 6. The standard InChI is InChI=1S/C11H19N3OS/c1-4-12-11-13-8(2)7-10(14-11)16-9(3)5-6-15/h7,9,15H,4-6H2,1-3H3,(H,12,13,14). The van der Waals surface area contributed by atoms with E-state index in [-0.39, 0.29) is 6.61 Å². The molecule has 0 fully saturated rings. The molecule has 0 spiro atoms. The lowest BCUT2D eigenvalue weighted by molar-refractivity contribution is 0.289. The Hall–Kier alpha value is -0.810. The molecule has 4 nitrogen and oxygen atoms in total. The van der Waals surface area contributed by atoms with Gasteiger partial charge in [-0.3, -0.25) is 0 Å². The Morgan fingerprint density at radius 3 is 2.88 bits per heavy atom. The lowest BCUT2D eigenvalue weighted by Crippen LogP contribution is -2.05. The SMILES string of the molecule is CCNc1nc(C)cc(SC(C)CCO)n1. The zero-order chi connectivity index (χ0) is 12.0. The van der Waals surface area contributed by atoms with Gasteiger partial charge in [-0.25, -0.2) is 9.97 Å². The Balaban J connectivity index is 2.71. The average molecular weight is 241 g/mol. The maximum absolute atomic E-state index is 8.85. The van der Waals surface area contributed by atoms with E-state index >= 15 is 0 Å². The van der Waals surface area contributed by atoms with Gasteiger partial charge in [0.15, 0.2) is 0 Å². The molecule has 0 aliphatic rings. The molecule has 0 radical (unpaired) electrons. The van der Waals surface area contributed by atoms with Crippen molar-refractivity contribution in [3.63, 3.8) is 0 Å². The molecular formula is C11H19N3OS. The zero-order valence-corrected chi connectivity index (χ0v) is 10.8. The van der Waals surface area contributed by atoms with E-state index in [2.05, 4.69) is 22.2 Å². The Bertz CT molecular complexity index is 333. The highest BCUT2D eigenvalue weighted by molar-refractivity contribution is 7.99. The van der Waals surface area contributed by atoms with Gasteiger partial charge in [-0.15, -0.1) is 11.8 Å². The molecule has 1 aromatic rings. The van der Waals surface area contributed by atoms with Crippen LogP contribution in [0, 0.1) is 6.92 Å². The smallest absolute Gasteiger partial charge is 0.223 e. The normalized spacial score (nSPS) is 12.5. The van der Waals surface area contributed by atoms with E-state index in [9.17, 15) is 0 Å². The van der Waals surface area contributed by atoms with Gasteiger partial charge in [0.1, 0.15) is 5.03 Å². The van der Waals surface area contributed by atoms with Crippen molar-refractivity contribution >= 4 is 17.7 Å². The van der Waals surface area contributed by atoms with Gasteiger partial charge in [-0.05, 0) is 26.3 Å². The third-order valence-corrected chi connectivity index (χ3v) is 3.11. The van der Waals surface area contributed by atoms with Crippen molar-refractivity contribution < 1.29 is 5.11 Å². The van der Waals surface area contributed by atoms with E-state index in [4.69, 9.17) is 5.11 Å². The number of thioether (sulfide) groups is 1. The Morgan fingerprint density at radius 1 is 1.50 bits per heavy atom.